The Morgan fingerprint density at radius 3 is 2.52 bits per heavy atom. The molecule has 0 saturated heterocycles. The van der Waals surface area contributed by atoms with Gasteiger partial charge in [-0.25, -0.2) is 4.39 Å². The van der Waals surface area contributed by atoms with Crippen molar-refractivity contribution in [3.8, 4) is 11.5 Å². The molecule has 4 nitrogen and oxygen atoms in total. The molecule has 0 unspecified atom stereocenters. The summed E-state index contributed by atoms with van der Waals surface area (Å²) in [7, 11) is 0. The molecule has 0 aliphatic carbocycles. The number of phenolic OH excluding ortho intramolecular Hbond substituents is 2. The van der Waals surface area contributed by atoms with Crippen LogP contribution in [-0.2, 0) is 0 Å². The highest BCUT2D eigenvalue weighted by Crippen LogP contribution is 2.34. The van der Waals surface area contributed by atoms with Gasteiger partial charge in [-0.2, -0.15) is 0 Å². The average Bonchev–Trinajstić information content (AvgIpc) is 2.44. The van der Waals surface area contributed by atoms with Crippen molar-refractivity contribution in [1.82, 2.24) is 4.98 Å². The predicted octanol–water partition coefficient (Wildman–Crippen LogP) is 4.18. The summed E-state index contributed by atoms with van der Waals surface area (Å²) >= 11 is 5.71. The molecule has 0 spiro atoms. The molecule has 0 fully saturated rings. The van der Waals surface area contributed by atoms with Gasteiger partial charge in [0.2, 0.25) is 0 Å². The van der Waals surface area contributed by atoms with E-state index in [1.54, 1.807) is 12.1 Å². The Balaban J connectivity index is 2.10. The summed E-state index contributed by atoms with van der Waals surface area (Å²) in [6, 6.07) is 8.65. The minimum absolute atomic E-state index is 0.250. The van der Waals surface area contributed by atoms with Gasteiger partial charge in [-0.1, -0.05) is 11.6 Å². The van der Waals surface area contributed by atoms with E-state index in [9.17, 15) is 14.6 Å². The fourth-order valence-electron chi connectivity index (χ4n) is 2.02. The number of rotatable bonds is 2. The quantitative estimate of drug-likeness (QED) is 0.621. The Hall–Kier alpha value is -2.53. The summed E-state index contributed by atoms with van der Waals surface area (Å²) in [5.41, 5.74) is 1.28. The molecule has 0 amide bonds. The molecule has 106 valence electrons. The Bertz CT molecular complexity index is 839. The summed E-state index contributed by atoms with van der Waals surface area (Å²) in [6.45, 7) is 0. The third-order valence-electron chi connectivity index (χ3n) is 3.04. The van der Waals surface area contributed by atoms with Crippen molar-refractivity contribution in [3.05, 3.63) is 53.4 Å². The lowest BCUT2D eigenvalue weighted by molar-refractivity contribution is 0.405. The van der Waals surface area contributed by atoms with E-state index < -0.39 is 5.82 Å². The number of anilines is 2. The van der Waals surface area contributed by atoms with Crippen molar-refractivity contribution in [2.75, 3.05) is 5.32 Å². The van der Waals surface area contributed by atoms with Crippen molar-refractivity contribution < 1.29 is 14.6 Å². The lowest BCUT2D eigenvalue weighted by Gasteiger charge is -2.11. The highest BCUT2D eigenvalue weighted by molar-refractivity contribution is 6.30. The van der Waals surface area contributed by atoms with Crippen molar-refractivity contribution in [3.63, 3.8) is 0 Å². The van der Waals surface area contributed by atoms with Crippen molar-refractivity contribution >= 4 is 33.9 Å². The molecule has 0 aliphatic heterocycles. The van der Waals surface area contributed by atoms with Gasteiger partial charge in [0.25, 0.3) is 0 Å². The zero-order valence-corrected chi connectivity index (χ0v) is 11.4. The molecule has 3 N–H and O–H groups in total. The van der Waals surface area contributed by atoms with Gasteiger partial charge >= 0.3 is 0 Å². The lowest BCUT2D eigenvalue weighted by Crippen LogP contribution is -1.95. The lowest BCUT2D eigenvalue weighted by atomic mass is 10.1. The molecule has 0 radical (unpaired) electrons. The summed E-state index contributed by atoms with van der Waals surface area (Å²) in [5.74, 6) is -1.02. The standard InChI is InChI=1S/C15H10ClFN2O2/c16-8-1-2-12(10(17)5-8)19-11-3-4-18-13-7-15(21)14(20)6-9(11)13/h1-7,20-21H,(H,18,19). The maximum atomic E-state index is 13.8. The van der Waals surface area contributed by atoms with Gasteiger partial charge < -0.3 is 15.5 Å². The summed E-state index contributed by atoms with van der Waals surface area (Å²) < 4.78 is 13.8. The van der Waals surface area contributed by atoms with Crippen LogP contribution in [0.5, 0.6) is 11.5 Å². The first-order valence-electron chi connectivity index (χ1n) is 6.07. The smallest absolute Gasteiger partial charge is 0.159 e. The molecule has 0 atom stereocenters. The Morgan fingerprint density at radius 2 is 1.76 bits per heavy atom. The molecule has 3 rings (SSSR count). The zero-order valence-electron chi connectivity index (χ0n) is 10.6. The largest absolute Gasteiger partial charge is 0.504 e. The van der Waals surface area contributed by atoms with Crippen LogP contribution in [0.2, 0.25) is 5.02 Å². The van der Waals surface area contributed by atoms with Crippen LogP contribution in [-0.4, -0.2) is 15.2 Å². The monoisotopic (exact) mass is 304 g/mol. The first kappa shape index (κ1) is 13.5. The van der Waals surface area contributed by atoms with Gasteiger partial charge in [0.05, 0.1) is 11.2 Å². The van der Waals surface area contributed by atoms with Crippen molar-refractivity contribution in [2.24, 2.45) is 0 Å². The van der Waals surface area contributed by atoms with Gasteiger partial charge in [0.1, 0.15) is 5.82 Å². The second-order valence-electron chi connectivity index (χ2n) is 4.47. The number of hydrogen-bond acceptors (Lipinski definition) is 4. The van der Waals surface area contributed by atoms with Gasteiger partial charge in [-0.3, -0.25) is 4.98 Å². The first-order valence-corrected chi connectivity index (χ1v) is 6.45. The third-order valence-corrected chi connectivity index (χ3v) is 3.27. The minimum atomic E-state index is -0.490. The van der Waals surface area contributed by atoms with Gasteiger partial charge in [-0.05, 0) is 30.3 Å². The fraction of sp³-hybridized carbons (Fsp3) is 0. The second-order valence-corrected chi connectivity index (χ2v) is 4.90. The molecule has 3 aromatic rings. The van der Waals surface area contributed by atoms with E-state index in [-0.39, 0.29) is 17.2 Å². The highest BCUT2D eigenvalue weighted by Gasteiger charge is 2.09. The highest BCUT2D eigenvalue weighted by atomic mass is 35.5. The summed E-state index contributed by atoms with van der Waals surface area (Å²) in [4.78, 5) is 4.10. The number of aromatic nitrogens is 1. The molecule has 0 saturated carbocycles. The van der Waals surface area contributed by atoms with Crippen molar-refractivity contribution in [1.29, 1.82) is 0 Å². The molecule has 2 aromatic carbocycles. The Morgan fingerprint density at radius 1 is 1.00 bits per heavy atom. The molecule has 21 heavy (non-hydrogen) atoms. The molecule has 0 aliphatic rings. The fourth-order valence-corrected chi connectivity index (χ4v) is 2.17. The van der Waals surface area contributed by atoms with E-state index in [0.717, 1.165) is 0 Å². The van der Waals surface area contributed by atoms with E-state index >= 15 is 0 Å². The average molecular weight is 305 g/mol. The Kier molecular flexibility index (Phi) is 3.27. The van der Waals surface area contributed by atoms with Crippen LogP contribution < -0.4 is 5.32 Å². The van der Waals surface area contributed by atoms with E-state index in [4.69, 9.17) is 11.6 Å². The minimum Gasteiger partial charge on any atom is -0.504 e. The number of fused-ring (bicyclic) bond motifs is 1. The number of pyridine rings is 1. The number of halogens is 2. The molecular formula is C15H10ClFN2O2. The second kappa shape index (κ2) is 5.10. The van der Waals surface area contributed by atoms with Crippen LogP contribution in [0.25, 0.3) is 10.9 Å². The van der Waals surface area contributed by atoms with E-state index in [1.165, 1.54) is 30.5 Å². The van der Waals surface area contributed by atoms with Crippen LogP contribution >= 0.6 is 11.6 Å². The van der Waals surface area contributed by atoms with Crippen LogP contribution in [0.4, 0.5) is 15.8 Å². The molecule has 0 bridgehead atoms. The van der Waals surface area contributed by atoms with E-state index in [0.29, 0.717) is 21.6 Å². The summed E-state index contributed by atoms with van der Waals surface area (Å²) in [5, 5.41) is 22.9. The first-order chi connectivity index (χ1) is 10.0. The Labute approximate surface area is 124 Å². The van der Waals surface area contributed by atoms with Crippen LogP contribution in [0.1, 0.15) is 0 Å². The maximum Gasteiger partial charge on any atom is 0.159 e. The zero-order chi connectivity index (χ0) is 15.0. The van der Waals surface area contributed by atoms with Crippen LogP contribution in [0.15, 0.2) is 42.6 Å². The molecule has 1 heterocycles. The maximum absolute atomic E-state index is 13.8. The number of hydrogen-bond donors (Lipinski definition) is 3. The molecule has 6 heteroatoms. The van der Waals surface area contributed by atoms with E-state index in [2.05, 4.69) is 10.3 Å². The predicted molar refractivity (Wildman–Crippen MR) is 79.8 cm³/mol. The normalized spacial score (nSPS) is 10.8. The molecular weight excluding hydrogens is 295 g/mol. The number of aromatic hydroxyl groups is 2. The van der Waals surface area contributed by atoms with Gasteiger partial charge in [0, 0.05) is 28.4 Å². The van der Waals surface area contributed by atoms with Crippen LogP contribution in [0.3, 0.4) is 0 Å². The topological polar surface area (TPSA) is 65.4 Å². The van der Waals surface area contributed by atoms with Crippen LogP contribution in [0, 0.1) is 5.82 Å². The van der Waals surface area contributed by atoms with Gasteiger partial charge in [-0.15, -0.1) is 0 Å². The van der Waals surface area contributed by atoms with Gasteiger partial charge in [0.15, 0.2) is 11.5 Å². The molecule has 1 aromatic heterocycles. The number of phenols is 2. The third kappa shape index (κ3) is 2.55. The number of nitrogens with zero attached hydrogens (tertiary/aromatic N) is 1. The SMILES string of the molecule is Oc1cc2nccc(Nc3ccc(Cl)cc3F)c2cc1O. The van der Waals surface area contributed by atoms with Crippen molar-refractivity contribution in [2.45, 2.75) is 0 Å². The van der Waals surface area contributed by atoms with E-state index in [1.807, 2.05) is 0 Å². The number of benzene rings is 2. The summed E-state index contributed by atoms with van der Waals surface area (Å²) in [6.07, 6.45) is 1.52. The number of nitrogens with one attached hydrogen (secondary N) is 1.